The fourth-order valence-corrected chi connectivity index (χ4v) is 5.68. The number of carbonyl (C=O) groups is 1. The summed E-state index contributed by atoms with van der Waals surface area (Å²) in [5.74, 6) is 1.25. The Morgan fingerprint density at radius 3 is 2.18 bits per heavy atom. The van der Waals surface area contributed by atoms with E-state index in [1.807, 2.05) is 48.5 Å². The minimum Gasteiger partial charge on any atom is -0.457 e. The number of nitrogens with zero attached hydrogens (tertiary/aromatic N) is 2. The molecule has 1 unspecified atom stereocenters. The second-order valence-electron chi connectivity index (χ2n) is 9.31. The molecule has 0 aliphatic carbocycles. The van der Waals surface area contributed by atoms with Crippen molar-refractivity contribution in [1.29, 1.82) is 0 Å². The van der Waals surface area contributed by atoms with E-state index in [1.54, 1.807) is 0 Å². The summed E-state index contributed by atoms with van der Waals surface area (Å²) in [6.45, 7) is 2.97. The Bertz CT molecular complexity index is 1150. The maximum Gasteiger partial charge on any atom is 0.235 e. The van der Waals surface area contributed by atoms with E-state index in [-0.39, 0.29) is 24.0 Å². The average molecular weight is 441 g/mol. The van der Waals surface area contributed by atoms with Gasteiger partial charge in [0.25, 0.3) is 0 Å². The van der Waals surface area contributed by atoms with Crippen molar-refractivity contribution in [1.82, 2.24) is 9.80 Å². The zero-order valence-electron chi connectivity index (χ0n) is 18.6. The van der Waals surface area contributed by atoms with Crippen LogP contribution >= 0.6 is 0 Å². The van der Waals surface area contributed by atoms with Crippen LogP contribution in [0.3, 0.4) is 0 Å². The number of amides is 1. The lowest BCUT2D eigenvalue weighted by atomic mass is 9.84. The summed E-state index contributed by atoms with van der Waals surface area (Å²) in [5.41, 5.74) is 4.40. The molecular weight excluding hydrogens is 412 g/mol. The number of hydrogen-bond acceptors (Lipinski definition) is 4. The van der Waals surface area contributed by atoms with E-state index in [9.17, 15) is 9.90 Å². The Morgan fingerprint density at radius 1 is 0.879 bits per heavy atom. The van der Waals surface area contributed by atoms with Gasteiger partial charge in [-0.25, -0.2) is 0 Å². The Balaban J connectivity index is 1.40. The number of likely N-dealkylation sites (tertiary alicyclic amines) is 1. The van der Waals surface area contributed by atoms with Gasteiger partial charge in [-0.3, -0.25) is 9.69 Å². The summed E-state index contributed by atoms with van der Waals surface area (Å²) in [6, 6.07) is 24.2. The maximum absolute atomic E-state index is 14.3. The van der Waals surface area contributed by atoms with Gasteiger partial charge in [-0.2, -0.15) is 0 Å². The van der Waals surface area contributed by atoms with E-state index < -0.39 is 0 Å². The molecule has 1 saturated heterocycles. The number of fused-ring (bicyclic) bond motifs is 3. The molecule has 0 saturated carbocycles. The van der Waals surface area contributed by atoms with Gasteiger partial charge in [0.05, 0.1) is 18.1 Å². The minimum atomic E-state index is -0.386. The van der Waals surface area contributed by atoms with E-state index in [0.717, 1.165) is 48.6 Å². The van der Waals surface area contributed by atoms with Gasteiger partial charge in [0.1, 0.15) is 11.5 Å². The van der Waals surface area contributed by atoms with Crippen molar-refractivity contribution in [2.75, 3.05) is 26.2 Å². The van der Waals surface area contributed by atoms with Gasteiger partial charge in [-0.15, -0.1) is 0 Å². The third kappa shape index (κ3) is 3.62. The molecule has 5 heteroatoms. The van der Waals surface area contributed by atoms with Crippen LogP contribution in [0.15, 0.2) is 72.8 Å². The highest BCUT2D eigenvalue weighted by Gasteiger charge is 2.40. The smallest absolute Gasteiger partial charge is 0.235 e. The summed E-state index contributed by atoms with van der Waals surface area (Å²) in [5, 5.41) is 10.1. The van der Waals surface area contributed by atoms with Crippen LogP contribution in [0.5, 0.6) is 11.5 Å². The predicted octanol–water partition coefficient (Wildman–Crippen LogP) is 4.12. The number of carbonyl (C=O) groups excluding carboxylic acids is 1. The third-order valence-corrected chi connectivity index (χ3v) is 7.30. The molecule has 1 N–H and O–H groups in total. The molecule has 3 aliphatic heterocycles. The molecule has 0 aromatic heterocycles. The lowest BCUT2D eigenvalue weighted by molar-refractivity contribution is -0.135. The molecular formula is C28H28N2O3. The van der Waals surface area contributed by atoms with Crippen LogP contribution in [0, 0.1) is 0 Å². The molecule has 0 radical (unpaired) electrons. The number of ether oxygens (including phenoxy) is 1. The van der Waals surface area contributed by atoms with E-state index >= 15 is 0 Å². The number of benzene rings is 3. The molecule has 2 atom stereocenters. The lowest BCUT2D eigenvalue weighted by Gasteiger charge is -2.41. The molecule has 168 valence electrons. The van der Waals surface area contributed by atoms with Crippen molar-refractivity contribution in [2.24, 2.45) is 0 Å². The zero-order valence-corrected chi connectivity index (χ0v) is 18.6. The van der Waals surface area contributed by atoms with Gasteiger partial charge < -0.3 is 14.7 Å². The van der Waals surface area contributed by atoms with Crippen molar-refractivity contribution in [3.63, 3.8) is 0 Å². The Hall–Kier alpha value is -3.15. The van der Waals surface area contributed by atoms with Gasteiger partial charge in [0.2, 0.25) is 5.91 Å². The van der Waals surface area contributed by atoms with Crippen LogP contribution in [0.25, 0.3) is 0 Å². The van der Waals surface area contributed by atoms with Crippen LogP contribution < -0.4 is 4.74 Å². The summed E-state index contributed by atoms with van der Waals surface area (Å²) in [4.78, 5) is 18.7. The zero-order chi connectivity index (χ0) is 22.4. The quantitative estimate of drug-likeness (QED) is 0.666. The molecule has 0 bridgehead atoms. The van der Waals surface area contributed by atoms with Crippen LogP contribution in [0.2, 0.25) is 0 Å². The number of para-hydroxylation sites is 2. The molecule has 6 rings (SSSR count). The van der Waals surface area contributed by atoms with Crippen molar-refractivity contribution in [3.8, 4) is 11.5 Å². The molecule has 0 spiro atoms. The molecule has 33 heavy (non-hydrogen) atoms. The van der Waals surface area contributed by atoms with E-state index in [4.69, 9.17) is 4.74 Å². The largest absolute Gasteiger partial charge is 0.457 e. The van der Waals surface area contributed by atoms with Gasteiger partial charge in [0.15, 0.2) is 0 Å². The molecule has 3 heterocycles. The van der Waals surface area contributed by atoms with E-state index in [0.29, 0.717) is 13.1 Å². The lowest BCUT2D eigenvalue weighted by Crippen LogP contribution is -2.47. The minimum absolute atomic E-state index is 0.0325. The fraction of sp³-hybridized carbons (Fsp3) is 0.321. The van der Waals surface area contributed by atoms with E-state index in [2.05, 4.69) is 34.1 Å². The number of aliphatic hydroxyl groups is 1. The second-order valence-corrected chi connectivity index (χ2v) is 9.31. The van der Waals surface area contributed by atoms with E-state index in [1.165, 1.54) is 11.1 Å². The third-order valence-electron chi connectivity index (χ3n) is 7.30. The highest BCUT2D eigenvalue weighted by molar-refractivity contribution is 5.90. The van der Waals surface area contributed by atoms with Gasteiger partial charge in [-0.05, 0) is 36.1 Å². The summed E-state index contributed by atoms with van der Waals surface area (Å²) >= 11 is 0. The van der Waals surface area contributed by atoms with Crippen molar-refractivity contribution in [3.05, 3.63) is 95.1 Å². The second kappa shape index (κ2) is 8.32. The molecule has 3 aromatic rings. The predicted molar refractivity (Wildman–Crippen MR) is 126 cm³/mol. The Kier molecular flexibility index (Phi) is 5.16. The van der Waals surface area contributed by atoms with Crippen LogP contribution in [0.4, 0.5) is 0 Å². The first-order valence-corrected chi connectivity index (χ1v) is 11.8. The molecule has 3 aliphatic rings. The summed E-state index contributed by atoms with van der Waals surface area (Å²) in [7, 11) is 0. The standard InChI is InChI=1S/C28H28N2O3/c31-20-14-15-29(17-20)18-24-21-8-2-1-7-19(21)13-16-30(24)28(32)27-22-9-3-5-11-25(22)33-26-12-6-4-10-23(26)27/h1-12,20,24,27,31H,13-18H2/t20-,24?/m0/s1. The average Bonchev–Trinajstić information content (AvgIpc) is 3.26. The highest BCUT2D eigenvalue weighted by Crippen LogP contribution is 2.46. The summed E-state index contributed by atoms with van der Waals surface area (Å²) < 4.78 is 6.14. The molecule has 5 nitrogen and oxygen atoms in total. The van der Waals surface area contributed by atoms with Crippen molar-refractivity contribution in [2.45, 2.75) is 30.9 Å². The van der Waals surface area contributed by atoms with Crippen molar-refractivity contribution < 1.29 is 14.6 Å². The monoisotopic (exact) mass is 440 g/mol. The Morgan fingerprint density at radius 2 is 1.52 bits per heavy atom. The first-order valence-electron chi connectivity index (χ1n) is 11.8. The number of hydrogen-bond donors (Lipinski definition) is 1. The first kappa shape index (κ1) is 20.5. The maximum atomic E-state index is 14.3. The van der Waals surface area contributed by atoms with Crippen LogP contribution in [0.1, 0.15) is 40.6 Å². The van der Waals surface area contributed by atoms with Crippen LogP contribution in [-0.2, 0) is 11.2 Å². The van der Waals surface area contributed by atoms with Gasteiger partial charge >= 0.3 is 0 Å². The number of rotatable bonds is 3. The molecule has 3 aromatic carbocycles. The fourth-order valence-electron chi connectivity index (χ4n) is 5.68. The summed E-state index contributed by atoms with van der Waals surface area (Å²) in [6.07, 6.45) is 1.37. The van der Waals surface area contributed by atoms with Crippen LogP contribution in [-0.4, -0.2) is 53.1 Å². The highest BCUT2D eigenvalue weighted by atomic mass is 16.5. The SMILES string of the molecule is O=C(C1c2ccccc2Oc2ccccc21)N1CCc2ccccc2C1CN1CC[C@H](O)C1. The first-order chi connectivity index (χ1) is 16.2. The topological polar surface area (TPSA) is 53.0 Å². The number of aliphatic hydroxyl groups excluding tert-OH is 1. The van der Waals surface area contributed by atoms with Crippen molar-refractivity contribution >= 4 is 5.91 Å². The van der Waals surface area contributed by atoms with Gasteiger partial charge in [0, 0.05) is 37.3 Å². The number of β-amino-alcohol motifs (C(OH)–C–C–N with tert-alkyl or cyclic N) is 1. The molecule has 1 fully saturated rings. The normalized spacial score (nSPS) is 22.3. The van der Waals surface area contributed by atoms with Gasteiger partial charge in [-0.1, -0.05) is 60.7 Å². The Labute approximate surface area is 194 Å². The molecule has 1 amide bonds.